The van der Waals surface area contributed by atoms with E-state index in [0.29, 0.717) is 17.4 Å². The first kappa shape index (κ1) is 76.5. The fourth-order valence-corrected chi connectivity index (χ4v) is 10.1. The quantitative estimate of drug-likeness (QED) is 0.0211. The molecule has 9 nitrogen and oxygen atoms in total. The van der Waals surface area contributed by atoms with Crippen LogP contribution < -0.4 is 0 Å². The number of allylic oxidation sites excluding steroid dienone is 6. The van der Waals surface area contributed by atoms with Gasteiger partial charge in [-0.2, -0.15) is 0 Å². The number of nitrogens with zero attached hydrogens (tertiary/aromatic N) is 1. The zero-order valence-corrected chi connectivity index (χ0v) is 53.1. The summed E-state index contributed by atoms with van der Waals surface area (Å²) < 4.78 is 23.0. The first-order valence-corrected chi connectivity index (χ1v) is 34.2. The molecule has 0 radical (unpaired) electrons. The first-order chi connectivity index (χ1) is 38.6. The Morgan fingerprint density at radius 1 is 0.380 bits per heavy atom. The minimum Gasteiger partial charge on any atom is -0.477 e. The summed E-state index contributed by atoms with van der Waals surface area (Å²) in [4.78, 5) is 37.6. The molecule has 1 N–H and O–H groups in total. The van der Waals surface area contributed by atoms with Gasteiger partial charge in [0.25, 0.3) is 6.29 Å². The lowest BCUT2D eigenvalue weighted by atomic mass is 10.0. The number of esters is 2. The summed E-state index contributed by atoms with van der Waals surface area (Å²) in [5, 5.41) is 9.74. The van der Waals surface area contributed by atoms with Crippen molar-refractivity contribution in [2.24, 2.45) is 0 Å². The number of carbonyl (C=O) groups is 3. The Morgan fingerprint density at radius 2 is 0.684 bits per heavy atom. The fraction of sp³-hybridized carbons (Fsp3) is 0.871. The van der Waals surface area contributed by atoms with Crippen molar-refractivity contribution in [2.45, 2.75) is 347 Å². The maximum Gasteiger partial charge on any atom is 0.361 e. The molecule has 0 aliphatic rings. The summed E-state index contributed by atoms with van der Waals surface area (Å²) >= 11 is 0. The summed E-state index contributed by atoms with van der Waals surface area (Å²) in [5.41, 5.74) is 0. The Morgan fingerprint density at radius 3 is 1.01 bits per heavy atom. The molecule has 0 aliphatic heterocycles. The normalized spacial score (nSPS) is 12.9. The topological polar surface area (TPSA) is 108 Å². The maximum atomic E-state index is 12.9. The van der Waals surface area contributed by atoms with Gasteiger partial charge in [0.2, 0.25) is 0 Å². The van der Waals surface area contributed by atoms with Gasteiger partial charge in [0.05, 0.1) is 34.4 Å². The molecule has 0 aromatic heterocycles. The van der Waals surface area contributed by atoms with Gasteiger partial charge in [-0.05, 0) is 51.4 Å². The summed E-state index contributed by atoms with van der Waals surface area (Å²) in [6.45, 7) is 4.92. The second kappa shape index (κ2) is 61.6. The van der Waals surface area contributed by atoms with Crippen molar-refractivity contribution < 1.29 is 42.9 Å². The third kappa shape index (κ3) is 63.0. The van der Waals surface area contributed by atoms with Crippen LogP contribution in [0.3, 0.4) is 0 Å². The van der Waals surface area contributed by atoms with Crippen LogP contribution in [0.15, 0.2) is 36.5 Å². The van der Waals surface area contributed by atoms with Gasteiger partial charge in [-0.25, -0.2) is 4.79 Å². The molecule has 0 aliphatic carbocycles. The minimum atomic E-state index is -1.51. The lowest BCUT2D eigenvalue weighted by Crippen LogP contribution is -2.40. The number of carboxylic acid groups (broad SMARTS) is 1. The number of ether oxygens (including phenoxy) is 4. The number of quaternary nitrogens is 1. The number of rotatable bonds is 64. The molecule has 79 heavy (non-hydrogen) atoms. The monoisotopic (exact) mass is 1110 g/mol. The Bertz CT molecular complexity index is 1390. The van der Waals surface area contributed by atoms with Crippen LogP contribution in [-0.4, -0.2) is 87.4 Å². The molecule has 0 bridgehead atoms. The van der Waals surface area contributed by atoms with E-state index in [1.54, 1.807) is 0 Å². The van der Waals surface area contributed by atoms with E-state index in [1.807, 2.05) is 21.1 Å². The molecule has 0 spiro atoms. The van der Waals surface area contributed by atoms with Crippen molar-refractivity contribution in [1.82, 2.24) is 0 Å². The van der Waals surface area contributed by atoms with Crippen LogP contribution in [0, 0.1) is 0 Å². The summed E-state index contributed by atoms with van der Waals surface area (Å²) in [6, 6.07) is 0. The molecule has 2 atom stereocenters. The molecule has 0 amide bonds. The molecular weight excluding hydrogens is 983 g/mol. The Kier molecular flexibility index (Phi) is 59.6. The van der Waals surface area contributed by atoms with Crippen molar-refractivity contribution in [2.75, 3.05) is 47.5 Å². The van der Waals surface area contributed by atoms with E-state index in [0.717, 1.165) is 57.8 Å². The van der Waals surface area contributed by atoms with Gasteiger partial charge < -0.3 is 28.5 Å². The van der Waals surface area contributed by atoms with Gasteiger partial charge in [0.1, 0.15) is 13.2 Å². The molecule has 9 heteroatoms. The standard InChI is InChI=1S/C70H131NO8/c1-6-8-10-12-14-16-18-20-22-24-26-28-30-32-33-34-35-37-38-40-42-44-46-48-50-52-54-56-58-60-67(72)77-64-66(65-78-70(69(74)75)76-63-62-71(3,4)5)79-68(73)61-59-57-55-53-51-49-47-45-43-41-39-36-31-29-27-25-23-21-19-17-15-13-11-9-7-2/h19,21,25,27,31,36,66,70H,6-18,20,22-24,26,28-30,32-35,37-65H2,1-5H3/p+1/b21-19-,27-25-,36-31-. The minimum absolute atomic E-state index is 0.179. The predicted octanol–water partition coefficient (Wildman–Crippen LogP) is 20.8. The van der Waals surface area contributed by atoms with Crippen LogP contribution in [0.25, 0.3) is 0 Å². The van der Waals surface area contributed by atoms with Crippen LogP contribution in [-0.2, 0) is 33.3 Å². The second-order valence-corrected chi connectivity index (χ2v) is 24.5. The van der Waals surface area contributed by atoms with Gasteiger partial charge >= 0.3 is 17.9 Å². The van der Waals surface area contributed by atoms with E-state index in [-0.39, 0.29) is 32.2 Å². The molecule has 0 rings (SSSR count). The number of hydrogen-bond donors (Lipinski definition) is 1. The molecular formula is C70H132NO8+. The Labute approximate surface area is 490 Å². The lowest BCUT2D eigenvalue weighted by Gasteiger charge is -2.25. The smallest absolute Gasteiger partial charge is 0.361 e. The number of hydrogen-bond acceptors (Lipinski definition) is 7. The van der Waals surface area contributed by atoms with Crippen LogP contribution in [0.4, 0.5) is 0 Å². The number of aliphatic carboxylic acids is 1. The van der Waals surface area contributed by atoms with E-state index < -0.39 is 24.3 Å². The molecule has 0 fully saturated rings. The van der Waals surface area contributed by atoms with Crippen molar-refractivity contribution in [3.63, 3.8) is 0 Å². The average molecular weight is 1120 g/mol. The number of carbonyl (C=O) groups excluding carboxylic acids is 2. The number of likely N-dealkylation sites (N-methyl/N-ethyl adjacent to an activating group) is 1. The van der Waals surface area contributed by atoms with E-state index in [2.05, 4.69) is 50.3 Å². The van der Waals surface area contributed by atoms with Gasteiger partial charge in [-0.1, -0.05) is 307 Å². The van der Waals surface area contributed by atoms with Crippen molar-refractivity contribution >= 4 is 17.9 Å². The van der Waals surface area contributed by atoms with Crippen LogP contribution in [0.2, 0.25) is 0 Å². The summed E-state index contributed by atoms with van der Waals surface area (Å²) in [5.74, 6) is -1.99. The average Bonchev–Trinajstić information content (AvgIpc) is 3.42. The maximum absolute atomic E-state index is 12.9. The van der Waals surface area contributed by atoms with E-state index >= 15 is 0 Å². The molecule has 464 valence electrons. The third-order valence-electron chi connectivity index (χ3n) is 15.4. The highest BCUT2D eigenvalue weighted by molar-refractivity contribution is 5.71. The zero-order valence-electron chi connectivity index (χ0n) is 53.1. The second-order valence-electron chi connectivity index (χ2n) is 24.5. The van der Waals surface area contributed by atoms with E-state index in [1.165, 1.54) is 250 Å². The van der Waals surface area contributed by atoms with Gasteiger partial charge in [-0.15, -0.1) is 0 Å². The van der Waals surface area contributed by atoms with Crippen LogP contribution in [0.1, 0.15) is 335 Å². The molecule has 0 aromatic rings. The molecule has 0 saturated carbocycles. The molecule has 0 heterocycles. The van der Waals surface area contributed by atoms with Gasteiger partial charge in [0, 0.05) is 12.8 Å². The summed E-state index contributed by atoms with van der Waals surface area (Å²) in [7, 11) is 5.98. The van der Waals surface area contributed by atoms with Crippen molar-refractivity contribution in [3.05, 3.63) is 36.5 Å². The Hall–Kier alpha value is -2.49. The molecule has 0 aromatic carbocycles. The highest BCUT2D eigenvalue weighted by Gasteiger charge is 2.25. The van der Waals surface area contributed by atoms with E-state index in [4.69, 9.17) is 18.9 Å². The SMILES string of the molecule is CCCCCCC/C=C\C/C=C\C/C=C\CCCCCCCCCCCCC(=O)OC(COC(=O)CCCCCCCCCCCCCCCCCCCCCCCCCCCCCCC)COC(OCC[N+](C)(C)C)C(=O)O. The third-order valence-corrected chi connectivity index (χ3v) is 15.4. The van der Waals surface area contributed by atoms with Crippen LogP contribution >= 0.6 is 0 Å². The largest absolute Gasteiger partial charge is 0.477 e. The first-order valence-electron chi connectivity index (χ1n) is 34.2. The Balaban J connectivity index is 4.10. The van der Waals surface area contributed by atoms with Crippen molar-refractivity contribution in [3.8, 4) is 0 Å². The van der Waals surface area contributed by atoms with E-state index in [9.17, 15) is 19.5 Å². The van der Waals surface area contributed by atoms with Gasteiger partial charge in [-0.3, -0.25) is 9.59 Å². The highest BCUT2D eigenvalue weighted by Crippen LogP contribution is 2.18. The number of carboxylic acids is 1. The number of unbranched alkanes of at least 4 members (excludes halogenated alkanes) is 43. The fourth-order valence-electron chi connectivity index (χ4n) is 10.1. The predicted molar refractivity (Wildman–Crippen MR) is 337 cm³/mol. The lowest BCUT2D eigenvalue weighted by molar-refractivity contribution is -0.870. The zero-order chi connectivity index (χ0) is 57.6. The molecule has 0 saturated heterocycles. The highest BCUT2D eigenvalue weighted by atomic mass is 16.7. The summed E-state index contributed by atoms with van der Waals surface area (Å²) in [6.07, 6.45) is 74.0. The van der Waals surface area contributed by atoms with Gasteiger partial charge in [0.15, 0.2) is 6.10 Å². The van der Waals surface area contributed by atoms with Crippen LogP contribution in [0.5, 0.6) is 0 Å². The van der Waals surface area contributed by atoms with Crippen molar-refractivity contribution in [1.29, 1.82) is 0 Å². The molecule has 2 unspecified atom stereocenters.